The third kappa shape index (κ3) is 19.1. The van der Waals surface area contributed by atoms with Gasteiger partial charge in [0.2, 0.25) is 23.6 Å². The van der Waals surface area contributed by atoms with Gasteiger partial charge in [0.05, 0.1) is 39.5 Å². The molecule has 0 aromatic carbocycles. The Kier molecular flexibility index (Phi) is 21.7. The fraction of sp³-hybridized carbons (Fsp3) is 0.800. The van der Waals surface area contributed by atoms with Crippen LogP contribution in [-0.4, -0.2) is 165 Å². The minimum absolute atomic E-state index is 0.000684. The molecule has 24 heteroatoms. The van der Waals surface area contributed by atoms with E-state index in [1.165, 1.54) is 6.92 Å². The standard InChI is InChI=1S/C25H46N5O18P/c1-15(32)30-21-23(37)22(36)17(11-31)48-24(21)43-7-3-5-26-18(33)9-28-20(35)14-44-16(13-47-49(40,41)42-2)12-45-25(38)29-10-19(34)27-6-4-8-46-39/h16-17,21-24,31,36-37,39H,3-14H2,1-2H3,(H,26,33)(H,27,34)(H,28,35)(H,29,38)(H,30,32)(H,40,41)/t16?,17-,21-,22+,23-,24-/m1/s1. The number of carbonyl (C=O) groups is 5. The van der Waals surface area contributed by atoms with E-state index in [0.717, 1.165) is 7.11 Å². The fourth-order valence-corrected chi connectivity index (χ4v) is 4.23. The van der Waals surface area contributed by atoms with E-state index in [9.17, 15) is 48.8 Å². The van der Waals surface area contributed by atoms with Gasteiger partial charge in [0.15, 0.2) is 6.29 Å². The van der Waals surface area contributed by atoms with Crippen LogP contribution >= 0.6 is 7.82 Å². The van der Waals surface area contributed by atoms with Gasteiger partial charge in [-0.05, 0) is 12.8 Å². The molecule has 1 aliphatic heterocycles. The Balaban J connectivity index is 2.43. The Morgan fingerprint density at radius 2 is 1.53 bits per heavy atom. The highest BCUT2D eigenvalue weighted by molar-refractivity contribution is 7.47. The molecule has 1 aliphatic rings. The second-order valence-corrected chi connectivity index (χ2v) is 11.7. The number of aliphatic hydroxyl groups is 3. The Morgan fingerprint density at radius 3 is 2.12 bits per heavy atom. The summed E-state index contributed by atoms with van der Waals surface area (Å²) in [6, 6.07) is -1.12. The number of aliphatic hydroxyl groups excluding tert-OH is 3. The summed E-state index contributed by atoms with van der Waals surface area (Å²) in [5.74, 6) is -2.46. The van der Waals surface area contributed by atoms with Crippen molar-refractivity contribution in [2.45, 2.75) is 56.5 Å². The van der Waals surface area contributed by atoms with Crippen molar-refractivity contribution >= 4 is 37.5 Å². The lowest BCUT2D eigenvalue weighted by atomic mass is 9.97. The number of amides is 5. The van der Waals surface area contributed by atoms with Gasteiger partial charge in [0.25, 0.3) is 0 Å². The Labute approximate surface area is 280 Å². The second kappa shape index (κ2) is 24.2. The summed E-state index contributed by atoms with van der Waals surface area (Å²) < 4.78 is 41.8. The van der Waals surface area contributed by atoms with E-state index >= 15 is 0 Å². The quantitative estimate of drug-likeness (QED) is 0.0193. The third-order valence-corrected chi connectivity index (χ3v) is 7.19. The van der Waals surface area contributed by atoms with Crippen LogP contribution in [0, 0.1) is 0 Å². The average Bonchev–Trinajstić information content (AvgIpc) is 3.06. The largest absolute Gasteiger partial charge is 0.472 e. The van der Waals surface area contributed by atoms with Crippen LogP contribution in [0.5, 0.6) is 0 Å². The summed E-state index contributed by atoms with van der Waals surface area (Å²) in [7, 11) is -3.55. The van der Waals surface area contributed by atoms with E-state index in [2.05, 4.69) is 36.0 Å². The summed E-state index contributed by atoms with van der Waals surface area (Å²) in [4.78, 5) is 72.8. The molecule has 1 rings (SSSR count). The Morgan fingerprint density at radius 1 is 0.898 bits per heavy atom. The molecule has 10 N–H and O–H groups in total. The first-order valence-corrected chi connectivity index (χ1v) is 16.3. The number of phosphoric acid groups is 1. The third-order valence-electron chi connectivity index (χ3n) is 6.25. The summed E-state index contributed by atoms with van der Waals surface area (Å²) in [5.41, 5.74) is 0. The minimum atomic E-state index is -4.46. The molecule has 0 spiro atoms. The summed E-state index contributed by atoms with van der Waals surface area (Å²) >= 11 is 0. The van der Waals surface area contributed by atoms with Gasteiger partial charge in [0.1, 0.15) is 43.7 Å². The molecule has 0 saturated carbocycles. The molecule has 1 saturated heterocycles. The molecule has 284 valence electrons. The van der Waals surface area contributed by atoms with Gasteiger partial charge in [-0.3, -0.25) is 33.5 Å². The fourth-order valence-electron chi connectivity index (χ4n) is 3.77. The molecule has 7 atom stereocenters. The highest BCUT2D eigenvalue weighted by Crippen LogP contribution is 2.42. The monoisotopic (exact) mass is 735 g/mol. The van der Waals surface area contributed by atoms with E-state index in [0.29, 0.717) is 6.42 Å². The van der Waals surface area contributed by atoms with Gasteiger partial charge in [0, 0.05) is 27.1 Å². The Hall–Kier alpha value is -3.06. The highest BCUT2D eigenvalue weighted by atomic mass is 31.2. The summed E-state index contributed by atoms with van der Waals surface area (Å²) in [6.45, 7) is -2.03. The number of rotatable bonds is 24. The number of carbonyl (C=O) groups excluding carboxylic acids is 5. The summed E-state index contributed by atoms with van der Waals surface area (Å²) in [6.07, 6.45) is -7.05. The van der Waals surface area contributed by atoms with Gasteiger partial charge in [-0.2, -0.15) is 0 Å². The van der Waals surface area contributed by atoms with Crippen LogP contribution in [0.25, 0.3) is 0 Å². The van der Waals surface area contributed by atoms with Crippen molar-refractivity contribution in [1.82, 2.24) is 26.6 Å². The number of alkyl carbamates (subject to hydrolysis) is 1. The van der Waals surface area contributed by atoms with E-state index in [-0.39, 0.29) is 32.7 Å². The molecule has 1 heterocycles. The van der Waals surface area contributed by atoms with Gasteiger partial charge in [-0.25, -0.2) is 14.2 Å². The van der Waals surface area contributed by atoms with Crippen LogP contribution < -0.4 is 26.6 Å². The zero-order valence-electron chi connectivity index (χ0n) is 26.9. The van der Waals surface area contributed by atoms with E-state index in [4.69, 9.17) is 28.7 Å². The SMILES string of the molecule is COP(=O)(O)OCC(COC(=O)NCC(=O)NCCCOO)OCC(=O)NCC(=O)NCCCO[C@@H]1O[C@H](CO)[C@H](O)[C@H](O)[C@H]1NC(C)=O. The molecular formula is C25H46N5O18P. The molecule has 0 aromatic rings. The van der Waals surface area contributed by atoms with Gasteiger partial charge >= 0.3 is 13.9 Å². The zero-order valence-corrected chi connectivity index (χ0v) is 27.8. The molecule has 2 unspecified atom stereocenters. The maximum absolute atomic E-state index is 12.2. The summed E-state index contributed by atoms with van der Waals surface area (Å²) in [5, 5.41) is 49.7. The van der Waals surface area contributed by atoms with Crippen molar-refractivity contribution < 1.29 is 86.9 Å². The first kappa shape index (κ1) is 44.0. The molecule has 5 amide bonds. The molecule has 1 fully saturated rings. The zero-order chi connectivity index (χ0) is 36.8. The number of hydrogen-bond acceptors (Lipinski definition) is 17. The van der Waals surface area contributed by atoms with E-state index in [1.54, 1.807) is 0 Å². The maximum atomic E-state index is 12.2. The van der Waals surface area contributed by atoms with Crippen molar-refractivity contribution in [3.8, 4) is 0 Å². The first-order chi connectivity index (χ1) is 23.2. The van der Waals surface area contributed by atoms with Crippen LogP contribution in [0.15, 0.2) is 0 Å². The highest BCUT2D eigenvalue weighted by Gasteiger charge is 2.45. The predicted octanol–water partition coefficient (Wildman–Crippen LogP) is -4.56. The Bertz CT molecular complexity index is 1090. The van der Waals surface area contributed by atoms with E-state index in [1.807, 2.05) is 0 Å². The lowest BCUT2D eigenvalue weighted by Crippen LogP contribution is -2.64. The smallest absolute Gasteiger partial charge is 0.447 e. The maximum Gasteiger partial charge on any atom is 0.472 e. The molecule has 0 aliphatic carbocycles. The van der Waals surface area contributed by atoms with Gasteiger partial charge in [-0.15, -0.1) is 0 Å². The average molecular weight is 736 g/mol. The lowest BCUT2D eigenvalue weighted by Gasteiger charge is -2.42. The van der Waals surface area contributed by atoms with Crippen molar-refractivity contribution in [1.29, 1.82) is 0 Å². The van der Waals surface area contributed by atoms with Crippen LogP contribution in [0.3, 0.4) is 0 Å². The van der Waals surface area contributed by atoms with Crippen molar-refractivity contribution in [3.63, 3.8) is 0 Å². The van der Waals surface area contributed by atoms with Crippen molar-refractivity contribution in [3.05, 3.63) is 0 Å². The molecule has 0 radical (unpaired) electrons. The normalized spacial score (nSPS) is 22.2. The molecule has 0 aromatic heterocycles. The molecule has 49 heavy (non-hydrogen) atoms. The minimum Gasteiger partial charge on any atom is -0.447 e. The first-order valence-electron chi connectivity index (χ1n) is 14.9. The van der Waals surface area contributed by atoms with Crippen LogP contribution in [0.2, 0.25) is 0 Å². The van der Waals surface area contributed by atoms with Gasteiger partial charge < -0.3 is 65.7 Å². The number of ether oxygens (including phenoxy) is 4. The lowest BCUT2D eigenvalue weighted by molar-refractivity contribution is -0.270. The van der Waals surface area contributed by atoms with Crippen molar-refractivity contribution in [2.24, 2.45) is 0 Å². The van der Waals surface area contributed by atoms with Crippen LogP contribution in [0.4, 0.5) is 4.79 Å². The number of nitrogens with one attached hydrogen (secondary N) is 5. The van der Waals surface area contributed by atoms with E-state index < -0.39 is 114 Å². The van der Waals surface area contributed by atoms with Gasteiger partial charge in [-0.1, -0.05) is 0 Å². The molecule has 0 bridgehead atoms. The van der Waals surface area contributed by atoms with Crippen LogP contribution in [-0.2, 0) is 56.6 Å². The molecular weight excluding hydrogens is 689 g/mol. The van der Waals surface area contributed by atoms with Crippen LogP contribution in [0.1, 0.15) is 19.8 Å². The number of hydrogen-bond donors (Lipinski definition) is 10. The van der Waals surface area contributed by atoms with Crippen molar-refractivity contribution in [2.75, 3.05) is 72.9 Å². The number of phosphoric ester groups is 1. The predicted molar refractivity (Wildman–Crippen MR) is 160 cm³/mol. The molecule has 23 nitrogen and oxygen atoms in total. The topological polar surface area (TPSA) is 328 Å². The second-order valence-electron chi connectivity index (χ2n) is 10.2.